The Balaban J connectivity index is 1.31. The van der Waals surface area contributed by atoms with E-state index >= 15 is 0 Å². The fraction of sp³-hybridized carbons (Fsp3) is 0.200. The summed E-state index contributed by atoms with van der Waals surface area (Å²) >= 11 is 1.71. The van der Waals surface area contributed by atoms with E-state index in [-0.39, 0.29) is 11.7 Å². The molecule has 1 atom stereocenters. The fourth-order valence-corrected chi connectivity index (χ4v) is 4.01. The van der Waals surface area contributed by atoms with Gasteiger partial charge in [0.15, 0.2) is 0 Å². The Bertz CT molecular complexity index is 983. The molecule has 1 aliphatic rings. The van der Waals surface area contributed by atoms with Crippen molar-refractivity contribution in [3.8, 4) is 0 Å². The Morgan fingerprint density at radius 1 is 1.27 bits per heavy atom. The number of hydrogen-bond acceptors (Lipinski definition) is 4. The average molecular weight is 368 g/mol. The standard InChI is InChI=1S/C20H17FN2O2S/c21-15-5-3-4-13(10-15)17-11-18(25-23-17)20(24)22-9-8-14-12-26-19-7-2-1-6-16(14)19/h1-7,10,12,18H,8-9,11H2,(H,22,24). The van der Waals surface area contributed by atoms with Crippen molar-refractivity contribution in [1.29, 1.82) is 0 Å². The molecule has 2 aromatic carbocycles. The van der Waals surface area contributed by atoms with Crippen LogP contribution in [0.15, 0.2) is 59.1 Å². The Hall–Kier alpha value is -2.73. The molecule has 1 unspecified atom stereocenters. The molecule has 26 heavy (non-hydrogen) atoms. The lowest BCUT2D eigenvalue weighted by molar-refractivity contribution is -0.131. The van der Waals surface area contributed by atoms with Crippen LogP contribution in [0.3, 0.4) is 0 Å². The molecule has 1 amide bonds. The number of amides is 1. The average Bonchev–Trinajstić information content (AvgIpc) is 3.29. The second kappa shape index (κ2) is 7.25. The molecule has 0 aliphatic carbocycles. The molecule has 0 saturated carbocycles. The topological polar surface area (TPSA) is 50.7 Å². The van der Waals surface area contributed by atoms with Gasteiger partial charge in [0.05, 0.1) is 5.71 Å². The van der Waals surface area contributed by atoms with Crippen LogP contribution in [-0.2, 0) is 16.1 Å². The number of fused-ring (bicyclic) bond motifs is 1. The van der Waals surface area contributed by atoms with E-state index in [2.05, 4.69) is 28.0 Å². The number of halogens is 1. The lowest BCUT2D eigenvalue weighted by atomic mass is 10.0. The molecule has 0 saturated heterocycles. The molecule has 0 bridgehead atoms. The van der Waals surface area contributed by atoms with Crippen LogP contribution >= 0.6 is 11.3 Å². The summed E-state index contributed by atoms with van der Waals surface area (Å²) in [6.45, 7) is 0.536. The zero-order valence-corrected chi connectivity index (χ0v) is 14.8. The summed E-state index contributed by atoms with van der Waals surface area (Å²) < 4.78 is 14.6. The van der Waals surface area contributed by atoms with Gasteiger partial charge in [0, 0.05) is 23.2 Å². The second-order valence-electron chi connectivity index (χ2n) is 6.14. The maximum absolute atomic E-state index is 13.3. The van der Waals surface area contributed by atoms with E-state index < -0.39 is 6.10 Å². The molecule has 1 aliphatic heterocycles. The summed E-state index contributed by atoms with van der Waals surface area (Å²) in [6.07, 6.45) is 0.448. The minimum Gasteiger partial charge on any atom is -0.382 e. The van der Waals surface area contributed by atoms with Crippen LogP contribution in [0, 0.1) is 5.82 Å². The monoisotopic (exact) mass is 368 g/mol. The fourth-order valence-electron chi connectivity index (χ4n) is 3.02. The Kier molecular flexibility index (Phi) is 4.67. The quantitative estimate of drug-likeness (QED) is 0.743. The molecule has 4 nitrogen and oxygen atoms in total. The van der Waals surface area contributed by atoms with Crippen LogP contribution in [0.2, 0.25) is 0 Å². The number of nitrogens with one attached hydrogen (secondary N) is 1. The van der Waals surface area contributed by atoms with Crippen LogP contribution in [0.1, 0.15) is 17.5 Å². The van der Waals surface area contributed by atoms with Gasteiger partial charge in [-0.15, -0.1) is 11.3 Å². The molecule has 3 aromatic rings. The number of carbonyl (C=O) groups is 1. The first-order valence-corrected chi connectivity index (χ1v) is 9.30. The molecule has 2 heterocycles. The SMILES string of the molecule is O=C(NCCc1csc2ccccc12)C1CC(c2cccc(F)c2)=NO1. The number of rotatable bonds is 5. The van der Waals surface area contributed by atoms with Gasteiger partial charge in [-0.25, -0.2) is 4.39 Å². The largest absolute Gasteiger partial charge is 0.382 e. The highest BCUT2D eigenvalue weighted by Gasteiger charge is 2.28. The Labute approximate surface area is 154 Å². The molecule has 0 fully saturated rings. The van der Waals surface area contributed by atoms with Gasteiger partial charge in [-0.05, 0) is 40.9 Å². The lowest BCUT2D eigenvalue weighted by Crippen LogP contribution is -2.35. The maximum atomic E-state index is 13.3. The van der Waals surface area contributed by atoms with Crippen LogP contribution < -0.4 is 5.32 Å². The van der Waals surface area contributed by atoms with E-state index in [0.29, 0.717) is 24.2 Å². The zero-order chi connectivity index (χ0) is 17.9. The number of hydrogen-bond donors (Lipinski definition) is 1. The van der Waals surface area contributed by atoms with Gasteiger partial charge in [-0.3, -0.25) is 4.79 Å². The number of thiophene rings is 1. The highest BCUT2D eigenvalue weighted by Crippen LogP contribution is 2.25. The third-order valence-corrected chi connectivity index (χ3v) is 5.39. The highest BCUT2D eigenvalue weighted by atomic mass is 32.1. The molecule has 132 valence electrons. The minimum atomic E-state index is -0.660. The first kappa shape index (κ1) is 16.7. The summed E-state index contributed by atoms with van der Waals surface area (Å²) in [6, 6.07) is 14.4. The summed E-state index contributed by atoms with van der Waals surface area (Å²) in [5.41, 5.74) is 2.47. The number of benzene rings is 2. The summed E-state index contributed by atoms with van der Waals surface area (Å²) in [5, 5.41) is 10.2. The van der Waals surface area contributed by atoms with Crippen LogP contribution in [0.5, 0.6) is 0 Å². The molecule has 1 N–H and O–H groups in total. The van der Waals surface area contributed by atoms with E-state index in [1.807, 2.05) is 12.1 Å². The van der Waals surface area contributed by atoms with Crippen LogP contribution in [0.25, 0.3) is 10.1 Å². The first-order valence-electron chi connectivity index (χ1n) is 8.42. The van der Waals surface area contributed by atoms with Crippen molar-refractivity contribution in [3.05, 3.63) is 70.9 Å². The van der Waals surface area contributed by atoms with Crippen LogP contribution in [-0.4, -0.2) is 24.3 Å². The zero-order valence-electron chi connectivity index (χ0n) is 13.9. The normalized spacial score (nSPS) is 16.3. The van der Waals surface area contributed by atoms with Gasteiger partial charge in [0.2, 0.25) is 6.10 Å². The molecule has 0 spiro atoms. The summed E-state index contributed by atoms with van der Waals surface area (Å²) in [5.74, 6) is -0.527. The first-order chi connectivity index (χ1) is 12.7. The molecule has 6 heteroatoms. The van der Waals surface area contributed by atoms with Crippen molar-refractivity contribution in [2.24, 2.45) is 5.16 Å². The summed E-state index contributed by atoms with van der Waals surface area (Å²) in [7, 11) is 0. The van der Waals surface area contributed by atoms with Crippen molar-refractivity contribution in [3.63, 3.8) is 0 Å². The highest BCUT2D eigenvalue weighted by molar-refractivity contribution is 7.17. The minimum absolute atomic E-state index is 0.195. The number of carbonyl (C=O) groups excluding carboxylic acids is 1. The van der Waals surface area contributed by atoms with Gasteiger partial charge < -0.3 is 10.2 Å². The van der Waals surface area contributed by atoms with E-state index in [4.69, 9.17) is 4.84 Å². The van der Waals surface area contributed by atoms with Gasteiger partial charge in [0.1, 0.15) is 5.82 Å². The summed E-state index contributed by atoms with van der Waals surface area (Å²) in [4.78, 5) is 17.5. The molecule has 4 rings (SSSR count). The van der Waals surface area contributed by atoms with E-state index in [1.54, 1.807) is 23.5 Å². The van der Waals surface area contributed by atoms with E-state index in [9.17, 15) is 9.18 Å². The Morgan fingerprint density at radius 2 is 2.15 bits per heavy atom. The lowest BCUT2D eigenvalue weighted by Gasteiger charge is -2.09. The van der Waals surface area contributed by atoms with Crippen molar-refractivity contribution in [1.82, 2.24) is 5.32 Å². The van der Waals surface area contributed by atoms with Gasteiger partial charge in [-0.2, -0.15) is 0 Å². The van der Waals surface area contributed by atoms with Crippen molar-refractivity contribution >= 4 is 33.0 Å². The van der Waals surface area contributed by atoms with Crippen molar-refractivity contribution in [2.45, 2.75) is 18.9 Å². The van der Waals surface area contributed by atoms with Gasteiger partial charge >= 0.3 is 0 Å². The third-order valence-electron chi connectivity index (χ3n) is 4.37. The predicted molar refractivity (Wildman–Crippen MR) is 101 cm³/mol. The van der Waals surface area contributed by atoms with Crippen molar-refractivity contribution in [2.75, 3.05) is 6.54 Å². The number of oxime groups is 1. The smallest absolute Gasteiger partial charge is 0.264 e. The van der Waals surface area contributed by atoms with Crippen molar-refractivity contribution < 1.29 is 14.0 Å². The van der Waals surface area contributed by atoms with Crippen LogP contribution in [0.4, 0.5) is 4.39 Å². The molecule has 0 radical (unpaired) electrons. The molecular formula is C20H17FN2O2S. The number of nitrogens with zero attached hydrogens (tertiary/aromatic N) is 1. The van der Waals surface area contributed by atoms with E-state index in [1.165, 1.54) is 27.8 Å². The molecular weight excluding hydrogens is 351 g/mol. The predicted octanol–water partition coefficient (Wildman–Crippen LogP) is 3.89. The molecule has 1 aromatic heterocycles. The van der Waals surface area contributed by atoms with E-state index in [0.717, 1.165) is 6.42 Å². The maximum Gasteiger partial charge on any atom is 0.264 e. The van der Waals surface area contributed by atoms with Gasteiger partial charge in [0.25, 0.3) is 5.91 Å². The Morgan fingerprint density at radius 3 is 3.04 bits per heavy atom. The van der Waals surface area contributed by atoms with Gasteiger partial charge in [-0.1, -0.05) is 35.5 Å². The third kappa shape index (κ3) is 3.46. The second-order valence-corrected chi connectivity index (χ2v) is 7.06.